The largest absolute Gasteiger partial charge is 0.491 e. The van der Waals surface area contributed by atoms with Gasteiger partial charge in [0.25, 0.3) is 0 Å². The Labute approximate surface area is 197 Å². The number of hydrogen-bond acceptors (Lipinski definition) is 6. The highest BCUT2D eigenvalue weighted by atomic mass is 16.5. The van der Waals surface area contributed by atoms with Gasteiger partial charge in [0.15, 0.2) is 0 Å². The summed E-state index contributed by atoms with van der Waals surface area (Å²) < 4.78 is 21.8. The van der Waals surface area contributed by atoms with Crippen LogP contribution in [-0.4, -0.2) is 62.1 Å². The third-order valence-electron chi connectivity index (χ3n) is 5.13. The molecule has 0 amide bonds. The lowest BCUT2D eigenvalue weighted by Crippen LogP contribution is -2.24. The molecule has 6 nitrogen and oxygen atoms in total. The van der Waals surface area contributed by atoms with Gasteiger partial charge in [0.05, 0.1) is 26.4 Å². The molecule has 0 heterocycles. The summed E-state index contributed by atoms with van der Waals surface area (Å²) in [5.41, 5.74) is 2.04. The summed E-state index contributed by atoms with van der Waals surface area (Å²) in [5.74, 6) is 1.38. The van der Waals surface area contributed by atoms with Crippen molar-refractivity contribution in [1.82, 2.24) is 0 Å². The minimum Gasteiger partial charge on any atom is -0.491 e. The zero-order chi connectivity index (χ0) is 24.1. The van der Waals surface area contributed by atoms with Crippen LogP contribution in [0.2, 0.25) is 0 Å². The predicted molar refractivity (Wildman–Crippen MR) is 130 cm³/mol. The summed E-state index contributed by atoms with van der Waals surface area (Å²) in [6, 6.07) is 15.7. The van der Waals surface area contributed by atoms with Crippen molar-refractivity contribution in [2.45, 2.75) is 31.5 Å². The molecule has 180 valence electrons. The first kappa shape index (κ1) is 26.6. The van der Waals surface area contributed by atoms with Gasteiger partial charge >= 0.3 is 0 Å². The molecule has 0 saturated heterocycles. The third kappa shape index (κ3) is 9.02. The van der Waals surface area contributed by atoms with Crippen molar-refractivity contribution in [3.8, 4) is 11.5 Å². The van der Waals surface area contributed by atoms with E-state index in [9.17, 15) is 10.2 Å². The Bertz CT molecular complexity index is 759. The molecule has 0 spiro atoms. The molecule has 0 saturated carbocycles. The van der Waals surface area contributed by atoms with Gasteiger partial charge in [-0.15, -0.1) is 13.2 Å². The van der Waals surface area contributed by atoms with Crippen molar-refractivity contribution in [3.63, 3.8) is 0 Å². The van der Waals surface area contributed by atoms with E-state index in [1.54, 1.807) is 12.2 Å². The lowest BCUT2D eigenvalue weighted by Gasteiger charge is -2.26. The maximum atomic E-state index is 9.89. The van der Waals surface area contributed by atoms with Crippen molar-refractivity contribution in [1.29, 1.82) is 0 Å². The van der Waals surface area contributed by atoms with Crippen LogP contribution in [-0.2, 0) is 14.9 Å². The second kappa shape index (κ2) is 13.8. The van der Waals surface area contributed by atoms with Crippen LogP contribution < -0.4 is 9.47 Å². The number of hydrogen-bond donors (Lipinski definition) is 2. The van der Waals surface area contributed by atoms with E-state index in [1.165, 1.54) is 0 Å². The molecule has 0 aliphatic rings. The summed E-state index contributed by atoms with van der Waals surface area (Å²) in [7, 11) is 0. The van der Waals surface area contributed by atoms with Gasteiger partial charge in [-0.3, -0.25) is 0 Å². The second-order valence-corrected chi connectivity index (χ2v) is 8.26. The van der Waals surface area contributed by atoms with Crippen molar-refractivity contribution in [2.24, 2.45) is 0 Å². The van der Waals surface area contributed by atoms with Gasteiger partial charge < -0.3 is 29.2 Å². The highest BCUT2D eigenvalue weighted by Gasteiger charge is 2.23. The van der Waals surface area contributed by atoms with Crippen molar-refractivity contribution in [3.05, 3.63) is 85.0 Å². The Morgan fingerprint density at radius 1 is 0.697 bits per heavy atom. The number of aliphatic hydroxyl groups is 2. The van der Waals surface area contributed by atoms with Crippen LogP contribution in [0, 0.1) is 0 Å². The Morgan fingerprint density at radius 2 is 1.06 bits per heavy atom. The summed E-state index contributed by atoms with van der Waals surface area (Å²) in [6.07, 6.45) is 1.90. The third-order valence-corrected chi connectivity index (χ3v) is 5.13. The lowest BCUT2D eigenvalue weighted by atomic mass is 9.78. The summed E-state index contributed by atoms with van der Waals surface area (Å²) in [4.78, 5) is 0. The Kier molecular flexibility index (Phi) is 11.1. The van der Waals surface area contributed by atoms with E-state index in [0.717, 1.165) is 11.1 Å². The summed E-state index contributed by atoms with van der Waals surface area (Å²) in [6.45, 7) is 13.0. The molecule has 2 atom stereocenters. The van der Waals surface area contributed by atoms with Gasteiger partial charge in [-0.05, 0) is 35.4 Å². The summed E-state index contributed by atoms with van der Waals surface area (Å²) in [5, 5.41) is 19.8. The van der Waals surface area contributed by atoms with Crippen molar-refractivity contribution in [2.75, 3.05) is 39.6 Å². The fourth-order valence-corrected chi connectivity index (χ4v) is 3.16. The first-order valence-corrected chi connectivity index (χ1v) is 11.1. The van der Waals surface area contributed by atoms with Gasteiger partial charge in [-0.25, -0.2) is 0 Å². The molecule has 0 aromatic heterocycles. The molecular weight excluding hydrogens is 420 g/mol. The SMILES string of the molecule is C=CCOCC(O)COc1ccc(C(C)(C)c2ccc(OCC(O)COCC=C)cc2)cc1. The maximum Gasteiger partial charge on any atom is 0.119 e. The summed E-state index contributed by atoms with van der Waals surface area (Å²) >= 11 is 0. The highest BCUT2D eigenvalue weighted by Crippen LogP contribution is 2.33. The van der Waals surface area contributed by atoms with Crippen LogP contribution >= 0.6 is 0 Å². The molecule has 0 aliphatic heterocycles. The molecule has 6 heteroatoms. The van der Waals surface area contributed by atoms with Gasteiger partial charge in [-0.1, -0.05) is 50.3 Å². The number of aliphatic hydroxyl groups excluding tert-OH is 2. The molecule has 0 radical (unpaired) electrons. The normalized spacial score (nSPS) is 13.2. The lowest BCUT2D eigenvalue weighted by molar-refractivity contribution is 0.0214. The van der Waals surface area contributed by atoms with Gasteiger partial charge in [-0.2, -0.15) is 0 Å². The molecule has 2 aromatic rings. The quantitative estimate of drug-likeness (QED) is 0.295. The molecule has 0 bridgehead atoms. The first-order valence-electron chi connectivity index (χ1n) is 11.1. The number of ether oxygens (including phenoxy) is 4. The molecule has 2 aromatic carbocycles. The van der Waals surface area contributed by atoms with Crippen LogP contribution in [0.3, 0.4) is 0 Å². The van der Waals surface area contributed by atoms with E-state index in [4.69, 9.17) is 18.9 Å². The van der Waals surface area contributed by atoms with E-state index in [2.05, 4.69) is 27.0 Å². The van der Waals surface area contributed by atoms with Crippen molar-refractivity contribution < 1.29 is 29.2 Å². The molecule has 0 aliphatic carbocycles. The number of rotatable bonds is 16. The zero-order valence-corrected chi connectivity index (χ0v) is 19.6. The number of benzene rings is 2. The average Bonchev–Trinajstić information content (AvgIpc) is 2.82. The van der Waals surface area contributed by atoms with E-state index in [1.807, 2.05) is 48.5 Å². The van der Waals surface area contributed by atoms with Gasteiger partial charge in [0, 0.05) is 5.41 Å². The Balaban J connectivity index is 1.89. The van der Waals surface area contributed by atoms with E-state index in [-0.39, 0.29) is 31.8 Å². The standard InChI is InChI=1S/C27H36O6/c1-5-15-30-17-23(28)19-32-25-11-7-21(8-12-25)27(3,4)22-9-13-26(14-10-22)33-20-24(29)18-31-16-6-2/h5-14,23-24,28-29H,1-2,15-20H2,3-4H3. The van der Waals surface area contributed by atoms with E-state index >= 15 is 0 Å². The maximum absolute atomic E-state index is 9.89. The Hall–Kier alpha value is -2.64. The molecule has 2 rings (SSSR count). The molecule has 33 heavy (non-hydrogen) atoms. The molecule has 0 fully saturated rings. The minimum atomic E-state index is -0.692. The zero-order valence-electron chi connectivity index (χ0n) is 19.6. The topological polar surface area (TPSA) is 77.4 Å². The van der Waals surface area contributed by atoms with E-state index < -0.39 is 12.2 Å². The fourth-order valence-electron chi connectivity index (χ4n) is 3.16. The molecule has 2 N–H and O–H groups in total. The van der Waals surface area contributed by atoms with Crippen LogP contribution in [0.15, 0.2) is 73.8 Å². The van der Waals surface area contributed by atoms with E-state index in [0.29, 0.717) is 24.7 Å². The second-order valence-electron chi connectivity index (χ2n) is 8.26. The monoisotopic (exact) mass is 456 g/mol. The van der Waals surface area contributed by atoms with Gasteiger partial charge in [0.2, 0.25) is 0 Å². The average molecular weight is 457 g/mol. The Morgan fingerprint density at radius 3 is 1.39 bits per heavy atom. The predicted octanol–water partition coefficient (Wildman–Crippen LogP) is 3.90. The minimum absolute atomic E-state index is 0.163. The molecule has 2 unspecified atom stereocenters. The molecular formula is C27H36O6. The van der Waals surface area contributed by atoms with Crippen molar-refractivity contribution >= 4 is 0 Å². The van der Waals surface area contributed by atoms with Crippen LogP contribution in [0.1, 0.15) is 25.0 Å². The van der Waals surface area contributed by atoms with Crippen LogP contribution in [0.25, 0.3) is 0 Å². The van der Waals surface area contributed by atoms with Crippen LogP contribution in [0.5, 0.6) is 11.5 Å². The highest BCUT2D eigenvalue weighted by molar-refractivity contribution is 5.41. The van der Waals surface area contributed by atoms with Crippen LogP contribution in [0.4, 0.5) is 0 Å². The first-order chi connectivity index (χ1) is 15.9. The van der Waals surface area contributed by atoms with Gasteiger partial charge in [0.1, 0.15) is 36.9 Å². The fraction of sp³-hybridized carbons (Fsp3) is 0.407. The smallest absolute Gasteiger partial charge is 0.119 e.